The minimum absolute atomic E-state index is 0.0276. The molecular formula is C27H34O10. The van der Waals surface area contributed by atoms with Crippen LogP contribution in [0.3, 0.4) is 0 Å². The molecule has 0 radical (unpaired) electrons. The van der Waals surface area contributed by atoms with Gasteiger partial charge in [0.15, 0.2) is 23.0 Å². The molecule has 4 rings (SSSR count). The van der Waals surface area contributed by atoms with Crippen molar-refractivity contribution in [2.45, 2.75) is 45.5 Å². The van der Waals surface area contributed by atoms with Crippen LogP contribution in [0.15, 0.2) is 65.3 Å². The number of allylic oxidation sites excluding steroid dienone is 3. The van der Waals surface area contributed by atoms with Gasteiger partial charge in [0.1, 0.15) is 23.4 Å². The highest BCUT2D eigenvalue weighted by atomic mass is 16.5. The lowest BCUT2D eigenvalue weighted by Gasteiger charge is -2.32. The number of aliphatic hydroxyl groups excluding tert-OH is 4. The number of benzene rings is 2. The summed E-state index contributed by atoms with van der Waals surface area (Å²) in [5.41, 5.74) is 1.56. The highest BCUT2D eigenvalue weighted by Gasteiger charge is 2.34. The van der Waals surface area contributed by atoms with Gasteiger partial charge in [0.2, 0.25) is 5.75 Å². The van der Waals surface area contributed by atoms with Crippen molar-refractivity contribution in [3.05, 3.63) is 76.5 Å². The summed E-state index contributed by atoms with van der Waals surface area (Å²) in [5.74, 6) is 0.263. The van der Waals surface area contributed by atoms with E-state index >= 15 is 0 Å². The number of hydrogen-bond donors (Lipinski definition) is 7. The molecule has 1 fully saturated rings. The average Bonchev–Trinajstić information content (AvgIpc) is 3.04. The highest BCUT2D eigenvalue weighted by molar-refractivity contribution is 5.52. The lowest BCUT2D eigenvalue weighted by Crippen LogP contribution is -2.28. The number of phenolic OH excluding ortho intramolecular Hbond substituents is 3. The van der Waals surface area contributed by atoms with Crippen molar-refractivity contribution in [1.82, 2.24) is 0 Å². The maximum Gasteiger partial charge on any atom is 0.200 e. The molecule has 1 aliphatic heterocycles. The summed E-state index contributed by atoms with van der Waals surface area (Å²) in [6.45, 7) is 3.88. The molecule has 2 aromatic carbocycles. The lowest BCUT2D eigenvalue weighted by molar-refractivity contribution is -0.0236. The van der Waals surface area contributed by atoms with E-state index in [4.69, 9.17) is 19.3 Å². The molecule has 0 bridgehead atoms. The Kier molecular flexibility index (Phi) is 10.5. The third-order valence-electron chi connectivity index (χ3n) is 5.50. The van der Waals surface area contributed by atoms with Crippen molar-refractivity contribution in [3.8, 4) is 28.7 Å². The normalized spacial score (nSPS) is 18.3. The first-order valence-electron chi connectivity index (χ1n) is 11.6. The van der Waals surface area contributed by atoms with Crippen molar-refractivity contribution < 1.29 is 50.0 Å². The van der Waals surface area contributed by atoms with E-state index in [2.05, 4.69) is 0 Å². The van der Waals surface area contributed by atoms with Gasteiger partial charge in [-0.15, -0.1) is 0 Å². The van der Waals surface area contributed by atoms with Gasteiger partial charge in [-0.3, -0.25) is 0 Å². The van der Waals surface area contributed by atoms with Crippen molar-refractivity contribution in [2.75, 3.05) is 14.2 Å². The van der Waals surface area contributed by atoms with Gasteiger partial charge in [0.05, 0.1) is 26.9 Å². The number of rotatable bonds is 4. The van der Waals surface area contributed by atoms with Gasteiger partial charge < -0.3 is 50.0 Å². The van der Waals surface area contributed by atoms with Crippen LogP contribution in [0.5, 0.6) is 28.7 Å². The second-order valence-electron chi connectivity index (χ2n) is 7.83. The summed E-state index contributed by atoms with van der Waals surface area (Å²) >= 11 is 0. The Morgan fingerprint density at radius 3 is 2.08 bits per heavy atom. The Balaban J connectivity index is 0.000000275. The van der Waals surface area contributed by atoms with Gasteiger partial charge >= 0.3 is 0 Å². The number of ether oxygens (including phenoxy) is 3. The third kappa shape index (κ3) is 7.02. The predicted molar refractivity (Wildman–Crippen MR) is 136 cm³/mol. The summed E-state index contributed by atoms with van der Waals surface area (Å²) in [7, 11) is 2.88. The lowest BCUT2D eigenvalue weighted by atomic mass is 9.93. The fraction of sp³-hybridized carbons (Fsp3) is 0.333. The van der Waals surface area contributed by atoms with Crippen molar-refractivity contribution in [3.63, 3.8) is 0 Å². The zero-order chi connectivity index (χ0) is 27.7. The van der Waals surface area contributed by atoms with E-state index in [1.165, 1.54) is 44.6 Å². The van der Waals surface area contributed by atoms with Gasteiger partial charge in [0.25, 0.3) is 0 Å². The summed E-state index contributed by atoms with van der Waals surface area (Å²) in [4.78, 5) is 0. The summed E-state index contributed by atoms with van der Waals surface area (Å²) in [6, 6.07) is 7.26. The molecule has 1 heterocycles. The molecule has 1 saturated heterocycles. The van der Waals surface area contributed by atoms with Gasteiger partial charge in [-0.05, 0) is 41.5 Å². The Morgan fingerprint density at radius 1 is 0.919 bits per heavy atom. The number of phenols is 3. The molecule has 0 amide bonds. The van der Waals surface area contributed by atoms with Crippen molar-refractivity contribution in [1.29, 1.82) is 0 Å². The van der Waals surface area contributed by atoms with Gasteiger partial charge in [-0.1, -0.05) is 19.9 Å². The molecule has 2 aromatic rings. The maximum atomic E-state index is 10.3. The number of methoxy groups -OCH3 is 2. The predicted octanol–water partition coefficient (Wildman–Crippen LogP) is 4.39. The molecule has 10 heteroatoms. The molecule has 10 nitrogen and oxygen atoms in total. The fourth-order valence-electron chi connectivity index (χ4n) is 3.65. The maximum absolute atomic E-state index is 10.3. The van der Waals surface area contributed by atoms with Gasteiger partial charge in [-0.2, -0.15) is 0 Å². The van der Waals surface area contributed by atoms with E-state index in [-0.39, 0.29) is 54.0 Å². The Bertz CT molecular complexity index is 1140. The standard InChI is InChI=1S/C16H16O6.C9H12O4.C2H6/c17-9-2-4-11(18)10-7-14(21)16(22-15(10)6-9)8-1-3-12(19)13(20)5-8;1-12-7-3-6(5-10)4-8(13-2)9(7)11;1-2/h1-3,5-6,14,16-21H,4,7H2;3-4,10-11H,5H2,1-2H3;1-2H3/t14-,16+;;/m0../s1. The number of aliphatic hydroxyl groups is 4. The number of aromatic hydroxyl groups is 3. The molecule has 0 aromatic heterocycles. The second-order valence-corrected chi connectivity index (χ2v) is 7.83. The van der Waals surface area contributed by atoms with Gasteiger partial charge in [0, 0.05) is 24.5 Å². The molecule has 0 unspecified atom stereocenters. The summed E-state index contributed by atoms with van der Waals surface area (Å²) < 4.78 is 15.5. The summed E-state index contributed by atoms with van der Waals surface area (Å²) in [6.07, 6.45) is 1.45. The average molecular weight is 519 g/mol. The quantitative estimate of drug-likeness (QED) is 0.288. The van der Waals surface area contributed by atoms with Crippen LogP contribution >= 0.6 is 0 Å². The smallest absolute Gasteiger partial charge is 0.200 e. The molecule has 0 spiro atoms. The van der Waals surface area contributed by atoms with Crippen LogP contribution in [-0.4, -0.2) is 56.1 Å². The van der Waals surface area contributed by atoms with E-state index in [1.54, 1.807) is 12.1 Å². The van der Waals surface area contributed by atoms with Crippen LogP contribution in [0, 0.1) is 0 Å². The van der Waals surface area contributed by atoms with Crippen LogP contribution in [0.1, 0.15) is 43.9 Å². The molecule has 37 heavy (non-hydrogen) atoms. The first-order chi connectivity index (χ1) is 17.7. The topological polar surface area (TPSA) is 169 Å². The molecule has 2 atom stereocenters. The first-order valence-corrected chi connectivity index (χ1v) is 11.6. The van der Waals surface area contributed by atoms with Crippen LogP contribution in [-0.2, 0) is 11.3 Å². The zero-order valence-electron chi connectivity index (χ0n) is 21.2. The molecule has 0 saturated carbocycles. The van der Waals surface area contributed by atoms with Gasteiger partial charge in [-0.25, -0.2) is 0 Å². The van der Waals surface area contributed by atoms with Crippen molar-refractivity contribution in [2.24, 2.45) is 0 Å². The fourth-order valence-corrected chi connectivity index (χ4v) is 3.65. The minimum atomic E-state index is -0.932. The molecule has 2 aliphatic rings. The molecule has 202 valence electrons. The zero-order valence-corrected chi connectivity index (χ0v) is 21.2. The van der Waals surface area contributed by atoms with Crippen LogP contribution in [0.2, 0.25) is 0 Å². The molecular weight excluding hydrogens is 484 g/mol. The Morgan fingerprint density at radius 2 is 1.54 bits per heavy atom. The molecule has 1 aliphatic carbocycles. The first kappa shape index (κ1) is 29.2. The molecule has 7 N–H and O–H groups in total. The number of hydrogen-bond acceptors (Lipinski definition) is 10. The minimum Gasteiger partial charge on any atom is -0.512 e. The van der Waals surface area contributed by atoms with Crippen LogP contribution < -0.4 is 9.47 Å². The summed E-state index contributed by atoms with van der Waals surface area (Å²) in [5, 5.41) is 67.2. The Hall–Kier alpha value is -4.02. The van der Waals surface area contributed by atoms with Crippen LogP contribution in [0.25, 0.3) is 0 Å². The van der Waals surface area contributed by atoms with Crippen LogP contribution in [0.4, 0.5) is 0 Å². The highest BCUT2D eigenvalue weighted by Crippen LogP contribution is 2.41. The largest absolute Gasteiger partial charge is 0.512 e. The SMILES string of the molecule is CC.COc1cc(CO)cc(OC)c1O.OC1=CCC(O)=C2C[C@H](O)[C@@H](c3ccc(O)c(O)c3)OC2=C1. The Labute approximate surface area is 215 Å². The van der Waals surface area contributed by atoms with E-state index < -0.39 is 12.2 Å². The third-order valence-corrected chi connectivity index (χ3v) is 5.50. The van der Waals surface area contributed by atoms with E-state index in [1.807, 2.05) is 13.8 Å². The second kappa shape index (κ2) is 13.3. The number of fused-ring (bicyclic) bond motifs is 1. The van der Waals surface area contributed by atoms with Crippen molar-refractivity contribution >= 4 is 0 Å². The monoisotopic (exact) mass is 518 g/mol. The van der Waals surface area contributed by atoms with E-state index in [0.717, 1.165) is 0 Å². The van der Waals surface area contributed by atoms with E-state index in [9.17, 15) is 30.6 Å². The van der Waals surface area contributed by atoms with E-state index in [0.29, 0.717) is 28.2 Å².